The second-order valence-electron chi connectivity index (χ2n) is 5.73. The summed E-state index contributed by atoms with van der Waals surface area (Å²) in [7, 11) is 0. The molecule has 122 valence electrons. The second-order valence-corrected chi connectivity index (χ2v) is 6.26. The fourth-order valence-electron chi connectivity index (χ4n) is 3.06. The number of benzene rings is 1. The van der Waals surface area contributed by atoms with Gasteiger partial charge in [-0.1, -0.05) is 19.3 Å². The van der Waals surface area contributed by atoms with Crippen molar-refractivity contribution < 1.29 is 18.3 Å². The third-order valence-electron chi connectivity index (χ3n) is 4.11. The molecule has 0 N–H and O–H groups in total. The normalized spacial score (nSPS) is 17.3. The highest BCUT2D eigenvalue weighted by Gasteiger charge is 2.24. The Morgan fingerprint density at radius 2 is 1.86 bits per heavy atom. The van der Waals surface area contributed by atoms with Gasteiger partial charge in [-0.25, -0.2) is 8.78 Å². The number of esters is 1. The summed E-state index contributed by atoms with van der Waals surface area (Å²) in [5.41, 5.74) is 0.563. The monoisotopic (exact) mass is 330 g/mol. The summed E-state index contributed by atoms with van der Waals surface area (Å²) in [6, 6.07) is 2.59. The molecule has 0 spiro atoms. The van der Waals surface area contributed by atoms with Crippen LogP contribution in [0.2, 0.25) is 0 Å². The van der Waals surface area contributed by atoms with Crippen LogP contribution < -0.4 is 0 Å². The maximum Gasteiger partial charge on any atom is 0.324 e. The van der Waals surface area contributed by atoms with Gasteiger partial charge < -0.3 is 4.74 Å². The van der Waals surface area contributed by atoms with Crippen LogP contribution in [0.3, 0.4) is 0 Å². The minimum atomic E-state index is -0.931. The molecule has 1 aromatic rings. The van der Waals surface area contributed by atoms with Gasteiger partial charge in [0.05, 0.1) is 6.61 Å². The van der Waals surface area contributed by atoms with E-state index < -0.39 is 23.0 Å². The topological polar surface area (TPSA) is 26.3 Å². The molecule has 1 aromatic carbocycles. The molecule has 0 radical (unpaired) electrons. The molecule has 2 nitrogen and oxygen atoms in total. The van der Waals surface area contributed by atoms with Gasteiger partial charge in [-0.15, -0.1) is 11.6 Å². The van der Waals surface area contributed by atoms with Crippen molar-refractivity contribution in [3.63, 3.8) is 0 Å². The fraction of sp³-hybridized carbons (Fsp3) is 0.588. The van der Waals surface area contributed by atoms with Gasteiger partial charge in [0.15, 0.2) is 0 Å². The number of hydrogen-bond acceptors (Lipinski definition) is 2. The van der Waals surface area contributed by atoms with E-state index in [2.05, 4.69) is 0 Å². The standard InChI is InChI=1S/C17H21ClF2O2/c1-2-22-17(21)13(18)8-11-9-14(19)16(15(20)10-11)12-6-4-3-5-7-12/h9-10,12-13H,2-8H2,1H3. The molecule has 0 aromatic heterocycles. The highest BCUT2D eigenvalue weighted by atomic mass is 35.5. The lowest BCUT2D eigenvalue weighted by molar-refractivity contribution is -0.142. The molecular weight excluding hydrogens is 310 g/mol. The van der Waals surface area contributed by atoms with Gasteiger partial charge in [0, 0.05) is 5.56 Å². The first-order valence-electron chi connectivity index (χ1n) is 7.81. The van der Waals surface area contributed by atoms with E-state index in [1.165, 1.54) is 12.1 Å². The Labute approximate surface area is 134 Å². The van der Waals surface area contributed by atoms with Crippen LogP contribution in [0, 0.1) is 11.6 Å². The molecular formula is C17H21ClF2O2. The number of rotatable bonds is 5. The molecule has 0 bridgehead atoms. The molecule has 0 heterocycles. The van der Waals surface area contributed by atoms with Crippen LogP contribution in [-0.4, -0.2) is 18.0 Å². The summed E-state index contributed by atoms with van der Waals surface area (Å²) in [4.78, 5) is 11.5. The van der Waals surface area contributed by atoms with Crippen LogP contribution >= 0.6 is 11.6 Å². The lowest BCUT2D eigenvalue weighted by atomic mass is 9.83. The summed E-state index contributed by atoms with van der Waals surface area (Å²) >= 11 is 5.92. The van der Waals surface area contributed by atoms with Gasteiger partial charge in [-0.05, 0) is 49.8 Å². The lowest BCUT2D eigenvalue weighted by Gasteiger charge is -2.23. The van der Waals surface area contributed by atoms with Crippen LogP contribution in [0.1, 0.15) is 56.1 Å². The smallest absolute Gasteiger partial charge is 0.324 e. The van der Waals surface area contributed by atoms with E-state index in [1.54, 1.807) is 6.92 Å². The fourth-order valence-corrected chi connectivity index (χ4v) is 3.30. The molecule has 1 saturated carbocycles. The summed E-state index contributed by atoms with van der Waals surface area (Å²) in [6.45, 7) is 1.91. The number of alkyl halides is 1. The average molecular weight is 331 g/mol. The molecule has 1 fully saturated rings. The zero-order valence-electron chi connectivity index (χ0n) is 12.7. The van der Waals surface area contributed by atoms with Crippen LogP contribution in [0.5, 0.6) is 0 Å². The molecule has 5 heteroatoms. The minimum absolute atomic E-state index is 0.0420. The van der Waals surface area contributed by atoms with Gasteiger partial charge >= 0.3 is 5.97 Å². The number of ether oxygens (including phenoxy) is 1. The van der Waals surface area contributed by atoms with E-state index in [1.807, 2.05) is 0 Å². The van der Waals surface area contributed by atoms with Crippen molar-refractivity contribution in [1.82, 2.24) is 0 Å². The molecule has 1 aliphatic carbocycles. The molecule has 0 amide bonds. The Morgan fingerprint density at radius 3 is 2.41 bits per heavy atom. The Hall–Kier alpha value is -1.16. The Balaban J connectivity index is 2.13. The van der Waals surface area contributed by atoms with Crippen molar-refractivity contribution in [2.75, 3.05) is 6.61 Å². The maximum atomic E-state index is 14.3. The second kappa shape index (κ2) is 7.91. The molecule has 0 aliphatic heterocycles. The predicted molar refractivity (Wildman–Crippen MR) is 82.2 cm³/mol. The van der Waals surface area contributed by atoms with Crippen molar-refractivity contribution >= 4 is 17.6 Å². The van der Waals surface area contributed by atoms with Gasteiger partial charge in [0.1, 0.15) is 17.0 Å². The van der Waals surface area contributed by atoms with Gasteiger partial charge in [-0.3, -0.25) is 4.79 Å². The lowest BCUT2D eigenvalue weighted by Crippen LogP contribution is -2.20. The average Bonchev–Trinajstić information content (AvgIpc) is 2.47. The zero-order chi connectivity index (χ0) is 16.1. The van der Waals surface area contributed by atoms with Crippen molar-refractivity contribution in [2.45, 2.75) is 56.7 Å². The van der Waals surface area contributed by atoms with Crippen molar-refractivity contribution in [3.8, 4) is 0 Å². The predicted octanol–water partition coefficient (Wildman–Crippen LogP) is 4.73. The number of hydrogen-bond donors (Lipinski definition) is 0. The van der Waals surface area contributed by atoms with Gasteiger partial charge in [-0.2, -0.15) is 0 Å². The van der Waals surface area contributed by atoms with E-state index in [9.17, 15) is 13.6 Å². The Morgan fingerprint density at radius 1 is 1.27 bits per heavy atom. The third kappa shape index (κ3) is 4.19. The molecule has 0 saturated heterocycles. The van der Waals surface area contributed by atoms with Crippen molar-refractivity contribution in [2.24, 2.45) is 0 Å². The van der Waals surface area contributed by atoms with E-state index in [0.717, 1.165) is 32.1 Å². The highest BCUT2D eigenvalue weighted by molar-refractivity contribution is 6.30. The number of carbonyl (C=O) groups is 1. The van der Waals surface area contributed by atoms with E-state index >= 15 is 0 Å². The van der Waals surface area contributed by atoms with Crippen molar-refractivity contribution in [3.05, 3.63) is 34.9 Å². The molecule has 2 rings (SSSR count). The minimum Gasteiger partial charge on any atom is -0.465 e. The maximum absolute atomic E-state index is 14.3. The third-order valence-corrected chi connectivity index (χ3v) is 4.44. The summed E-state index contributed by atoms with van der Waals surface area (Å²) in [5, 5.41) is -0.931. The first-order valence-corrected chi connectivity index (χ1v) is 8.25. The first-order chi connectivity index (χ1) is 10.5. The first kappa shape index (κ1) is 17.2. The molecule has 1 aliphatic rings. The molecule has 1 atom stereocenters. The van der Waals surface area contributed by atoms with Gasteiger partial charge in [0.2, 0.25) is 0 Å². The van der Waals surface area contributed by atoms with Gasteiger partial charge in [0.25, 0.3) is 0 Å². The van der Waals surface area contributed by atoms with Crippen LogP contribution in [0.25, 0.3) is 0 Å². The largest absolute Gasteiger partial charge is 0.465 e. The molecule has 22 heavy (non-hydrogen) atoms. The summed E-state index contributed by atoms with van der Waals surface area (Å²) in [6.07, 6.45) is 4.86. The molecule has 1 unspecified atom stereocenters. The van der Waals surface area contributed by atoms with E-state index in [-0.39, 0.29) is 24.5 Å². The SMILES string of the molecule is CCOC(=O)C(Cl)Cc1cc(F)c(C2CCCCC2)c(F)c1. The summed E-state index contributed by atoms with van der Waals surface area (Å²) < 4.78 is 33.4. The quantitative estimate of drug-likeness (QED) is 0.576. The highest BCUT2D eigenvalue weighted by Crippen LogP contribution is 2.36. The van der Waals surface area contributed by atoms with E-state index in [0.29, 0.717) is 5.56 Å². The zero-order valence-corrected chi connectivity index (χ0v) is 13.5. The number of halogens is 3. The Kier molecular flexibility index (Phi) is 6.18. The Bertz CT molecular complexity index is 504. The van der Waals surface area contributed by atoms with Crippen molar-refractivity contribution in [1.29, 1.82) is 0 Å². The van der Waals surface area contributed by atoms with Crippen LogP contribution in [-0.2, 0) is 16.0 Å². The van der Waals surface area contributed by atoms with Crippen LogP contribution in [0.4, 0.5) is 8.78 Å². The van der Waals surface area contributed by atoms with Crippen LogP contribution in [0.15, 0.2) is 12.1 Å². The summed E-state index contributed by atoms with van der Waals surface area (Å²) in [5.74, 6) is -1.68. The van der Waals surface area contributed by atoms with E-state index in [4.69, 9.17) is 16.3 Å². The number of carbonyl (C=O) groups excluding carboxylic acids is 1.